The number of alkyl halides is 3. The molecule has 1 aliphatic rings. The average Bonchev–Trinajstić information content (AvgIpc) is 3.56. The summed E-state index contributed by atoms with van der Waals surface area (Å²) in [4.78, 5) is 25.4. The molecule has 0 fully saturated rings. The molecule has 0 bridgehead atoms. The molecular weight excluding hydrogens is 523 g/mol. The molecular formula is C29H26F3N5O3. The molecule has 0 atom stereocenters. The van der Waals surface area contributed by atoms with Crippen molar-refractivity contribution in [3.63, 3.8) is 0 Å². The van der Waals surface area contributed by atoms with Gasteiger partial charge < -0.3 is 15.4 Å². The van der Waals surface area contributed by atoms with Crippen molar-refractivity contribution in [3.8, 4) is 5.69 Å². The molecule has 0 radical (unpaired) electrons. The van der Waals surface area contributed by atoms with Crippen LogP contribution in [0.5, 0.6) is 0 Å². The van der Waals surface area contributed by atoms with E-state index in [9.17, 15) is 22.8 Å². The SMILES string of the molecule is O=C(NCC(F)(F)F)c1ccc(-n2nnc(C(=O)NC3Cc4ccccc4C3)c2COCc2ccccc2)cc1. The summed E-state index contributed by atoms with van der Waals surface area (Å²) in [5.41, 5.74) is 4.36. The van der Waals surface area contributed by atoms with E-state index in [1.54, 1.807) is 0 Å². The fourth-order valence-electron chi connectivity index (χ4n) is 4.61. The predicted molar refractivity (Wildman–Crippen MR) is 140 cm³/mol. The first-order valence-corrected chi connectivity index (χ1v) is 12.7. The van der Waals surface area contributed by atoms with Crippen LogP contribution in [0.15, 0.2) is 78.9 Å². The Morgan fingerprint density at radius 3 is 2.17 bits per heavy atom. The largest absolute Gasteiger partial charge is 0.405 e. The zero-order chi connectivity index (χ0) is 28.1. The number of hydrogen-bond donors (Lipinski definition) is 2. The summed E-state index contributed by atoms with van der Waals surface area (Å²) in [6, 6.07) is 23.3. The van der Waals surface area contributed by atoms with E-state index in [1.807, 2.05) is 59.9 Å². The van der Waals surface area contributed by atoms with Gasteiger partial charge in [0.15, 0.2) is 5.69 Å². The number of carbonyl (C=O) groups is 2. The molecule has 8 nitrogen and oxygen atoms in total. The van der Waals surface area contributed by atoms with Crippen LogP contribution in [0.1, 0.15) is 43.2 Å². The summed E-state index contributed by atoms with van der Waals surface area (Å²) in [5.74, 6) is -1.24. The van der Waals surface area contributed by atoms with Gasteiger partial charge in [-0.25, -0.2) is 4.68 Å². The smallest absolute Gasteiger partial charge is 0.370 e. The molecule has 0 aliphatic heterocycles. The number of carbonyl (C=O) groups excluding carboxylic acids is 2. The molecule has 2 amide bonds. The standard InChI is InChI=1S/C29H26F3N5O3/c30-29(31,32)18-33-27(38)20-10-12-24(13-11-20)37-25(17-40-16-19-6-2-1-3-7-19)26(35-36-37)28(39)34-23-14-21-8-4-5-9-22(21)15-23/h1-13,23H,14-18H2,(H,33,38)(H,34,39). The highest BCUT2D eigenvalue weighted by molar-refractivity contribution is 5.95. The predicted octanol–water partition coefficient (Wildman–Crippen LogP) is 4.17. The first-order chi connectivity index (χ1) is 19.3. The summed E-state index contributed by atoms with van der Waals surface area (Å²) in [6.45, 7) is -1.11. The van der Waals surface area contributed by atoms with Crippen molar-refractivity contribution in [2.45, 2.75) is 38.3 Å². The van der Waals surface area contributed by atoms with Gasteiger partial charge in [-0.05, 0) is 53.8 Å². The van der Waals surface area contributed by atoms with Crippen LogP contribution in [0, 0.1) is 0 Å². The minimum Gasteiger partial charge on any atom is -0.370 e. The van der Waals surface area contributed by atoms with E-state index in [-0.39, 0.29) is 29.8 Å². The highest BCUT2D eigenvalue weighted by atomic mass is 19.4. The van der Waals surface area contributed by atoms with E-state index in [2.05, 4.69) is 15.6 Å². The second-order valence-corrected chi connectivity index (χ2v) is 9.47. The maximum Gasteiger partial charge on any atom is 0.405 e. The summed E-state index contributed by atoms with van der Waals surface area (Å²) < 4.78 is 44.7. The van der Waals surface area contributed by atoms with Gasteiger partial charge >= 0.3 is 6.18 Å². The molecule has 1 aliphatic carbocycles. The first-order valence-electron chi connectivity index (χ1n) is 12.7. The van der Waals surface area contributed by atoms with Crippen molar-refractivity contribution >= 4 is 11.8 Å². The van der Waals surface area contributed by atoms with Crippen LogP contribution in [-0.4, -0.2) is 45.6 Å². The molecule has 0 unspecified atom stereocenters. The highest BCUT2D eigenvalue weighted by Gasteiger charge is 2.29. The fourth-order valence-corrected chi connectivity index (χ4v) is 4.61. The molecule has 1 heterocycles. The molecule has 0 spiro atoms. The van der Waals surface area contributed by atoms with Gasteiger partial charge in [0.05, 0.1) is 18.9 Å². The zero-order valence-corrected chi connectivity index (χ0v) is 21.3. The number of nitrogens with zero attached hydrogens (tertiary/aromatic N) is 3. The van der Waals surface area contributed by atoms with Gasteiger partial charge in [0.25, 0.3) is 11.8 Å². The number of benzene rings is 3. The van der Waals surface area contributed by atoms with E-state index in [4.69, 9.17) is 4.74 Å². The van der Waals surface area contributed by atoms with Gasteiger partial charge in [-0.2, -0.15) is 13.2 Å². The minimum absolute atomic E-state index is 0.0172. The van der Waals surface area contributed by atoms with E-state index < -0.39 is 18.6 Å². The van der Waals surface area contributed by atoms with E-state index >= 15 is 0 Å². The van der Waals surface area contributed by atoms with E-state index in [0.29, 0.717) is 30.8 Å². The van der Waals surface area contributed by atoms with Crippen LogP contribution in [0.25, 0.3) is 5.69 Å². The molecule has 0 saturated heterocycles. The topological polar surface area (TPSA) is 98.1 Å². The number of hydrogen-bond acceptors (Lipinski definition) is 5. The van der Waals surface area contributed by atoms with Gasteiger partial charge in [0.2, 0.25) is 0 Å². The number of nitrogens with one attached hydrogen (secondary N) is 2. The molecule has 3 aromatic carbocycles. The molecule has 206 valence electrons. The monoisotopic (exact) mass is 549 g/mol. The molecule has 11 heteroatoms. The lowest BCUT2D eigenvalue weighted by Crippen LogP contribution is -2.36. The van der Waals surface area contributed by atoms with E-state index in [0.717, 1.165) is 5.56 Å². The lowest BCUT2D eigenvalue weighted by atomic mass is 10.1. The number of ether oxygens (including phenoxy) is 1. The Bertz CT molecular complexity index is 1460. The van der Waals surface area contributed by atoms with Crippen molar-refractivity contribution in [2.24, 2.45) is 0 Å². The Morgan fingerprint density at radius 2 is 1.52 bits per heavy atom. The van der Waals surface area contributed by atoms with Gasteiger partial charge in [-0.15, -0.1) is 5.10 Å². The second-order valence-electron chi connectivity index (χ2n) is 9.47. The van der Waals surface area contributed by atoms with Crippen LogP contribution in [-0.2, 0) is 30.8 Å². The van der Waals surface area contributed by atoms with Crippen molar-refractivity contribution in [1.82, 2.24) is 25.6 Å². The Labute approximate surface area is 228 Å². The summed E-state index contributed by atoms with van der Waals surface area (Å²) in [6.07, 6.45) is -3.08. The van der Waals surface area contributed by atoms with Crippen LogP contribution < -0.4 is 10.6 Å². The number of fused-ring (bicyclic) bond motifs is 1. The summed E-state index contributed by atoms with van der Waals surface area (Å²) in [5, 5.41) is 13.2. The van der Waals surface area contributed by atoms with Gasteiger partial charge in [-0.3, -0.25) is 9.59 Å². The number of halogens is 3. The number of rotatable bonds is 9. The third kappa shape index (κ3) is 6.55. The maximum atomic E-state index is 13.3. The fraction of sp³-hybridized carbons (Fsp3) is 0.241. The quantitative estimate of drug-likeness (QED) is 0.327. The normalized spacial score (nSPS) is 13.2. The third-order valence-corrected chi connectivity index (χ3v) is 6.54. The second kappa shape index (κ2) is 11.7. The van der Waals surface area contributed by atoms with Crippen LogP contribution in [0.2, 0.25) is 0 Å². The van der Waals surface area contributed by atoms with Gasteiger partial charge in [-0.1, -0.05) is 59.8 Å². The lowest BCUT2D eigenvalue weighted by molar-refractivity contribution is -0.123. The molecule has 2 N–H and O–H groups in total. The Kier molecular flexibility index (Phi) is 7.92. The van der Waals surface area contributed by atoms with Gasteiger partial charge in [0.1, 0.15) is 12.2 Å². The maximum absolute atomic E-state index is 13.3. The highest BCUT2D eigenvalue weighted by Crippen LogP contribution is 2.23. The Balaban J connectivity index is 1.34. The van der Waals surface area contributed by atoms with E-state index in [1.165, 1.54) is 40.1 Å². The van der Waals surface area contributed by atoms with Crippen molar-refractivity contribution in [3.05, 3.63) is 113 Å². The third-order valence-electron chi connectivity index (χ3n) is 6.54. The molecule has 5 rings (SSSR count). The number of aromatic nitrogens is 3. The number of amides is 2. The molecule has 0 saturated carbocycles. The Hall–Kier alpha value is -4.51. The lowest BCUT2D eigenvalue weighted by Gasteiger charge is -2.13. The van der Waals surface area contributed by atoms with Crippen LogP contribution >= 0.6 is 0 Å². The van der Waals surface area contributed by atoms with Crippen molar-refractivity contribution in [2.75, 3.05) is 6.54 Å². The molecule has 1 aromatic heterocycles. The molecule has 40 heavy (non-hydrogen) atoms. The Morgan fingerprint density at radius 1 is 0.875 bits per heavy atom. The van der Waals surface area contributed by atoms with Crippen molar-refractivity contribution in [1.29, 1.82) is 0 Å². The summed E-state index contributed by atoms with van der Waals surface area (Å²) in [7, 11) is 0. The van der Waals surface area contributed by atoms with Crippen molar-refractivity contribution < 1.29 is 27.5 Å². The summed E-state index contributed by atoms with van der Waals surface area (Å²) >= 11 is 0. The minimum atomic E-state index is -4.51. The zero-order valence-electron chi connectivity index (χ0n) is 21.3. The molecule has 4 aromatic rings. The van der Waals surface area contributed by atoms with Crippen LogP contribution in [0.3, 0.4) is 0 Å². The average molecular weight is 550 g/mol. The van der Waals surface area contributed by atoms with Gasteiger partial charge in [0, 0.05) is 11.6 Å². The van der Waals surface area contributed by atoms with Crippen LogP contribution in [0.4, 0.5) is 13.2 Å². The first kappa shape index (κ1) is 27.1.